The van der Waals surface area contributed by atoms with E-state index in [2.05, 4.69) is 25.1 Å². The van der Waals surface area contributed by atoms with Gasteiger partial charge in [0, 0.05) is 49.7 Å². The summed E-state index contributed by atoms with van der Waals surface area (Å²) in [5.41, 5.74) is 4.69. The molecule has 9 nitrogen and oxygen atoms in total. The van der Waals surface area contributed by atoms with Crippen molar-refractivity contribution < 1.29 is 17.5 Å². The van der Waals surface area contributed by atoms with E-state index in [9.17, 15) is 12.8 Å². The molecule has 230 valence electrons. The number of aromatic nitrogens is 4. The van der Waals surface area contributed by atoms with Crippen LogP contribution in [0.4, 0.5) is 4.39 Å². The number of rotatable bonds is 8. The second-order valence-corrected chi connectivity index (χ2v) is 12.9. The summed E-state index contributed by atoms with van der Waals surface area (Å²) in [5.74, 6) is -0.307. The van der Waals surface area contributed by atoms with Gasteiger partial charge in [-0.15, -0.1) is 48.6 Å². The molecule has 0 atom stereocenters. The summed E-state index contributed by atoms with van der Waals surface area (Å²) in [6, 6.07) is 15.5. The van der Waals surface area contributed by atoms with E-state index in [-0.39, 0.29) is 47.2 Å². The number of hydrogen-bond donors (Lipinski definition) is 1. The van der Waals surface area contributed by atoms with Crippen LogP contribution in [-0.2, 0) is 14.8 Å². The predicted octanol–water partition coefficient (Wildman–Crippen LogP) is 5.77. The Labute approximate surface area is 271 Å². The van der Waals surface area contributed by atoms with Gasteiger partial charge >= 0.3 is 0 Å². The minimum Gasteiger partial charge on any atom is -0.379 e. The van der Waals surface area contributed by atoms with E-state index in [0.29, 0.717) is 32.0 Å². The highest BCUT2D eigenvalue weighted by Crippen LogP contribution is 2.37. The Balaban J connectivity index is 0.00000169. The lowest BCUT2D eigenvalue weighted by Gasteiger charge is -2.28. The number of sulfonamides is 1. The summed E-state index contributed by atoms with van der Waals surface area (Å²) >= 11 is 1.19. The normalized spacial score (nSPS) is 13.7. The van der Waals surface area contributed by atoms with Crippen LogP contribution in [0.15, 0.2) is 71.3 Å². The van der Waals surface area contributed by atoms with Crippen molar-refractivity contribution in [3.8, 4) is 33.0 Å². The van der Waals surface area contributed by atoms with Crippen LogP contribution in [0.2, 0.25) is 0 Å². The molecule has 0 aliphatic carbocycles. The second kappa shape index (κ2) is 14.9. The molecule has 5 aromatic rings. The Bertz CT molecular complexity index is 1760. The zero-order valence-electron chi connectivity index (χ0n) is 23.0. The lowest BCUT2D eigenvalue weighted by molar-refractivity contribution is 0.0368. The zero-order valence-corrected chi connectivity index (χ0v) is 27.1. The van der Waals surface area contributed by atoms with Crippen LogP contribution in [0.5, 0.6) is 0 Å². The summed E-state index contributed by atoms with van der Waals surface area (Å²) in [4.78, 5) is 11.9. The Hall–Kier alpha value is -2.68. The molecule has 43 heavy (non-hydrogen) atoms. The number of aromatic amines is 1. The largest absolute Gasteiger partial charge is 0.379 e. The number of nitrogens with one attached hydrogen (secondary N) is 1. The van der Waals surface area contributed by atoms with E-state index in [0.717, 1.165) is 51.3 Å². The molecule has 0 spiro atoms. The number of H-pyrrole nitrogens is 1. The third-order valence-corrected chi connectivity index (χ3v) is 10.4. The van der Waals surface area contributed by atoms with Gasteiger partial charge in [0.25, 0.3) is 10.0 Å². The maximum Gasteiger partial charge on any atom is 0.252 e. The Morgan fingerprint density at radius 1 is 1.00 bits per heavy atom. The topological polar surface area (TPSA) is 104 Å². The van der Waals surface area contributed by atoms with Crippen molar-refractivity contribution in [3.05, 3.63) is 72.9 Å². The van der Waals surface area contributed by atoms with Gasteiger partial charge in [-0.25, -0.2) is 22.8 Å². The molecular weight excluding hydrogens is 658 g/mol. The van der Waals surface area contributed by atoms with Crippen LogP contribution in [-0.4, -0.2) is 84.2 Å². The molecule has 3 aromatic heterocycles. The summed E-state index contributed by atoms with van der Waals surface area (Å²) in [6.07, 6.45) is 3.22. The van der Waals surface area contributed by atoms with Crippen LogP contribution in [0.25, 0.3) is 43.9 Å². The molecule has 0 amide bonds. The number of fused-ring (bicyclic) bond motifs is 1. The molecule has 0 saturated carbocycles. The van der Waals surface area contributed by atoms with Crippen molar-refractivity contribution in [1.29, 1.82) is 0 Å². The first-order chi connectivity index (χ1) is 19.4. The lowest BCUT2D eigenvalue weighted by atomic mass is 9.99. The highest BCUT2D eigenvalue weighted by molar-refractivity contribution is 7.91. The number of nitrogens with zero attached hydrogens (tertiary/aromatic N) is 5. The van der Waals surface area contributed by atoms with Gasteiger partial charge in [0.15, 0.2) is 0 Å². The zero-order chi connectivity index (χ0) is 27.7. The first kappa shape index (κ1) is 34.8. The minimum absolute atomic E-state index is 0. The highest BCUT2D eigenvalue weighted by atomic mass is 35.5. The van der Waals surface area contributed by atoms with Crippen LogP contribution < -0.4 is 0 Å². The van der Waals surface area contributed by atoms with Crippen molar-refractivity contribution in [2.24, 2.45) is 0 Å². The van der Waals surface area contributed by atoms with E-state index in [1.165, 1.54) is 34.1 Å². The molecule has 1 aliphatic heterocycles. The van der Waals surface area contributed by atoms with Crippen LogP contribution in [0, 0.1) is 5.82 Å². The van der Waals surface area contributed by atoms with Gasteiger partial charge in [0.2, 0.25) is 0 Å². The predicted molar refractivity (Wildman–Crippen MR) is 175 cm³/mol. The molecule has 1 N–H and O–H groups in total. The monoisotopic (exact) mass is 686 g/mol. The molecule has 0 radical (unpaired) electrons. The van der Waals surface area contributed by atoms with Gasteiger partial charge in [-0.2, -0.15) is 9.40 Å². The fourth-order valence-electron chi connectivity index (χ4n) is 4.73. The van der Waals surface area contributed by atoms with Gasteiger partial charge in [-0.1, -0.05) is 6.07 Å². The molecule has 1 fully saturated rings. The first-order valence-corrected chi connectivity index (χ1v) is 15.1. The van der Waals surface area contributed by atoms with E-state index in [4.69, 9.17) is 4.74 Å². The van der Waals surface area contributed by atoms with Gasteiger partial charge in [0.1, 0.15) is 16.4 Å². The molecule has 6 rings (SSSR count). The second-order valence-electron chi connectivity index (χ2n) is 9.52. The number of thiophene rings is 1. The molecular formula is C28H30Cl3FN6O3S2. The number of likely N-dealkylation sites (N-methyl/N-ethyl adjacent to an activating group) is 1. The van der Waals surface area contributed by atoms with Gasteiger partial charge < -0.3 is 4.74 Å². The number of benzene rings is 2. The average Bonchev–Trinajstić information content (AvgIpc) is 3.67. The molecule has 1 aliphatic rings. The van der Waals surface area contributed by atoms with Crippen molar-refractivity contribution in [1.82, 2.24) is 29.4 Å². The third kappa shape index (κ3) is 7.35. The first-order valence-electron chi connectivity index (χ1n) is 12.8. The molecule has 15 heteroatoms. The third-order valence-electron chi connectivity index (χ3n) is 7.03. The Morgan fingerprint density at radius 3 is 2.47 bits per heavy atom. The molecule has 0 bridgehead atoms. The molecule has 2 aromatic carbocycles. The van der Waals surface area contributed by atoms with E-state index >= 15 is 0 Å². The summed E-state index contributed by atoms with van der Waals surface area (Å²) < 4.78 is 47.2. The average molecular weight is 688 g/mol. The van der Waals surface area contributed by atoms with Crippen molar-refractivity contribution in [3.63, 3.8) is 0 Å². The van der Waals surface area contributed by atoms with Gasteiger partial charge in [-0.05, 0) is 54.1 Å². The smallest absolute Gasteiger partial charge is 0.252 e. The van der Waals surface area contributed by atoms with E-state index in [1.54, 1.807) is 37.5 Å². The fraction of sp³-hybridized carbons (Fsp3) is 0.250. The van der Waals surface area contributed by atoms with Crippen LogP contribution in [0.1, 0.15) is 0 Å². The molecule has 4 heterocycles. The number of halogens is 4. The number of morpholine rings is 1. The molecule has 0 unspecified atom stereocenters. The summed E-state index contributed by atoms with van der Waals surface area (Å²) in [5, 5.41) is 8.02. The SMILES string of the molecule is CN(CCN1CCOCC1)S(=O)(=O)c1ccc(-c2ncnc3ccc(-c4cn[nH]c4-c4ccc(F)cc4)cc23)s1.Cl.Cl.Cl. The summed E-state index contributed by atoms with van der Waals surface area (Å²) in [7, 11) is -2.04. The van der Waals surface area contributed by atoms with Crippen molar-refractivity contribution in [2.45, 2.75) is 4.21 Å². The number of hydrogen-bond acceptors (Lipinski definition) is 8. The van der Waals surface area contributed by atoms with Crippen molar-refractivity contribution >= 4 is 69.5 Å². The van der Waals surface area contributed by atoms with Crippen molar-refractivity contribution in [2.75, 3.05) is 46.4 Å². The Kier molecular flexibility index (Phi) is 12.0. The van der Waals surface area contributed by atoms with Crippen LogP contribution in [0.3, 0.4) is 0 Å². The van der Waals surface area contributed by atoms with E-state index in [1.807, 2.05) is 18.2 Å². The van der Waals surface area contributed by atoms with E-state index < -0.39 is 10.0 Å². The maximum atomic E-state index is 13.5. The Morgan fingerprint density at radius 2 is 1.72 bits per heavy atom. The fourth-order valence-corrected chi connectivity index (χ4v) is 7.42. The highest BCUT2D eigenvalue weighted by Gasteiger charge is 2.25. The summed E-state index contributed by atoms with van der Waals surface area (Å²) in [6.45, 7) is 4.02. The van der Waals surface area contributed by atoms with Crippen LogP contribution >= 0.6 is 48.6 Å². The number of ether oxygens (including phenoxy) is 1. The quantitative estimate of drug-likeness (QED) is 0.221. The maximum absolute atomic E-state index is 13.5. The molecule has 1 saturated heterocycles. The lowest BCUT2D eigenvalue weighted by Crippen LogP contribution is -2.41. The van der Waals surface area contributed by atoms with Gasteiger partial charge in [0.05, 0.1) is 41.2 Å². The standard InChI is InChI=1S/C28H27FN6O3S2.3ClH/c1-34(10-11-35-12-14-38-15-13-35)40(36,37)26-9-8-25(39-26)28-22-16-20(4-7-24(22)30-18-31-28)23-17-32-33-27(23)19-2-5-21(29)6-3-19;;;/h2-9,16-18H,10-15H2,1H3,(H,32,33);3*1H. The minimum atomic E-state index is -3.65. The van der Waals surface area contributed by atoms with Gasteiger partial charge in [-0.3, -0.25) is 10.00 Å².